The first-order valence-electron chi connectivity index (χ1n) is 11.3. The van der Waals surface area contributed by atoms with E-state index < -0.39 is 6.10 Å². The number of fused-ring (bicyclic) bond motifs is 2. The van der Waals surface area contributed by atoms with Crippen molar-refractivity contribution in [3.63, 3.8) is 0 Å². The number of halogens is 1. The lowest BCUT2D eigenvalue weighted by molar-refractivity contribution is 0.00706. The fourth-order valence-corrected chi connectivity index (χ4v) is 4.44. The van der Waals surface area contributed by atoms with Gasteiger partial charge < -0.3 is 45.1 Å². The molecule has 186 valence electrons. The predicted molar refractivity (Wildman–Crippen MR) is 131 cm³/mol. The normalized spacial score (nSPS) is 23.4. The van der Waals surface area contributed by atoms with Crippen LogP contribution in [0.4, 0.5) is 11.5 Å². The number of benzene rings is 1. The molecule has 0 unspecified atom stereocenters. The summed E-state index contributed by atoms with van der Waals surface area (Å²) in [6.45, 7) is 1.96. The molecule has 0 saturated carbocycles. The highest BCUT2D eigenvalue weighted by molar-refractivity contribution is 6.33. The molecule has 35 heavy (non-hydrogen) atoms. The van der Waals surface area contributed by atoms with E-state index in [0.29, 0.717) is 47.5 Å². The Hall–Kier alpha value is -2.96. The van der Waals surface area contributed by atoms with E-state index in [4.69, 9.17) is 36.0 Å². The number of aliphatic hydroxyl groups is 1. The molecule has 0 amide bonds. The van der Waals surface area contributed by atoms with E-state index in [1.165, 1.54) is 0 Å². The number of pyridine rings is 1. The van der Waals surface area contributed by atoms with Crippen LogP contribution in [0.15, 0.2) is 30.3 Å². The highest BCUT2D eigenvalue weighted by Gasteiger charge is 2.48. The third-order valence-electron chi connectivity index (χ3n) is 5.96. The second-order valence-electron chi connectivity index (χ2n) is 8.35. The van der Waals surface area contributed by atoms with Gasteiger partial charge in [-0.2, -0.15) is 4.98 Å². The molecule has 2 fully saturated rings. The monoisotopic (exact) mass is 502 g/mol. The summed E-state index contributed by atoms with van der Waals surface area (Å²) in [5.41, 5.74) is 3.05. The molecule has 2 aliphatic rings. The van der Waals surface area contributed by atoms with Gasteiger partial charge in [0.15, 0.2) is 11.8 Å². The summed E-state index contributed by atoms with van der Waals surface area (Å²) in [6, 6.07) is 9.60. The Labute approximate surface area is 206 Å². The summed E-state index contributed by atoms with van der Waals surface area (Å²) in [5, 5.41) is 25.3. The molecule has 0 bridgehead atoms. The van der Waals surface area contributed by atoms with Crippen LogP contribution in [-0.4, -0.2) is 90.2 Å². The van der Waals surface area contributed by atoms with E-state index in [1.54, 1.807) is 13.2 Å². The van der Waals surface area contributed by atoms with Crippen LogP contribution < -0.4 is 15.4 Å². The molecule has 0 radical (unpaired) electrons. The third-order valence-corrected chi connectivity index (χ3v) is 6.24. The van der Waals surface area contributed by atoms with E-state index in [2.05, 4.69) is 25.6 Å². The van der Waals surface area contributed by atoms with E-state index in [9.17, 15) is 5.11 Å². The minimum atomic E-state index is -0.648. The number of aromatic amines is 1. The molecular weight excluding hydrogens is 476 g/mol. The third kappa shape index (κ3) is 5.04. The summed E-state index contributed by atoms with van der Waals surface area (Å²) >= 11 is 6.44. The number of methoxy groups -OCH3 is 1. The Morgan fingerprint density at radius 2 is 2.06 bits per heavy atom. The Morgan fingerprint density at radius 1 is 1.23 bits per heavy atom. The second kappa shape index (κ2) is 10.3. The number of para-hydroxylation sites is 1. The lowest BCUT2D eigenvalue weighted by atomic mass is 10.1. The van der Waals surface area contributed by atoms with Gasteiger partial charge in [0.25, 0.3) is 6.01 Å². The van der Waals surface area contributed by atoms with Crippen molar-refractivity contribution < 1.29 is 24.1 Å². The number of nitrogens with zero attached hydrogens (tertiary/aromatic N) is 2. The van der Waals surface area contributed by atoms with E-state index in [0.717, 1.165) is 11.3 Å². The van der Waals surface area contributed by atoms with Gasteiger partial charge in [0.2, 0.25) is 0 Å². The van der Waals surface area contributed by atoms with Gasteiger partial charge in [0.05, 0.1) is 42.6 Å². The van der Waals surface area contributed by atoms with Crippen LogP contribution >= 0.6 is 11.6 Å². The van der Waals surface area contributed by atoms with Crippen molar-refractivity contribution in [2.45, 2.75) is 24.4 Å². The highest BCUT2D eigenvalue weighted by atomic mass is 35.5. The molecule has 5 N–H and O–H groups in total. The summed E-state index contributed by atoms with van der Waals surface area (Å²) < 4.78 is 22.2. The van der Waals surface area contributed by atoms with Gasteiger partial charge in [-0.3, -0.25) is 0 Å². The first-order chi connectivity index (χ1) is 17.0. The zero-order valence-corrected chi connectivity index (χ0v) is 19.8. The van der Waals surface area contributed by atoms with Gasteiger partial charge in [-0.25, -0.2) is 4.98 Å². The first-order valence-corrected chi connectivity index (χ1v) is 11.7. The minimum absolute atomic E-state index is 0.219. The van der Waals surface area contributed by atoms with Gasteiger partial charge in [0.1, 0.15) is 24.1 Å². The Bertz CT molecular complexity index is 1210. The molecule has 2 saturated heterocycles. The second-order valence-corrected chi connectivity index (χ2v) is 8.76. The van der Waals surface area contributed by atoms with Crippen molar-refractivity contribution in [2.75, 3.05) is 50.7 Å². The van der Waals surface area contributed by atoms with Gasteiger partial charge in [-0.15, -0.1) is 0 Å². The maximum atomic E-state index is 9.90. The maximum absolute atomic E-state index is 9.90. The molecule has 12 heteroatoms. The topological polar surface area (TPSA) is 147 Å². The zero-order valence-electron chi connectivity index (χ0n) is 19.1. The number of H-pyrrole nitrogens is 1. The fourth-order valence-electron chi connectivity index (χ4n) is 4.22. The average molecular weight is 503 g/mol. The number of anilines is 2. The number of hydrogen-bond acceptors (Lipinski definition) is 10. The number of hydrogen-bond donors (Lipinski definition) is 5. The fraction of sp³-hybridized carbons (Fsp3) is 0.435. The number of aromatic nitrogens is 3. The summed E-state index contributed by atoms with van der Waals surface area (Å²) in [5.74, 6) is 0.415. The number of rotatable bonds is 10. The smallest absolute Gasteiger partial charge is 0.296 e. The molecule has 2 aliphatic heterocycles. The van der Waals surface area contributed by atoms with Crippen molar-refractivity contribution in [3.05, 3.63) is 40.9 Å². The molecule has 1 aromatic carbocycles. The standard InChI is InChI=1S/C23H27ClN6O5/c1-32-7-6-26-15-5-3-2-4-12(15)14(25)9-27-21-13(24)8-16-22(29-21)30-23(28-16)35-18-11-34-19-17(31)10-33-20(18)19/h2-5,8,17-20,25-26,31H,6-7,9-11H2,1H3,(H2,27,28,29,30)/t17-,18-,19-,20-/m1/s1. The number of imidazole rings is 1. The van der Waals surface area contributed by atoms with Crippen molar-refractivity contribution in [1.29, 1.82) is 5.41 Å². The summed E-state index contributed by atoms with van der Waals surface area (Å²) in [7, 11) is 1.65. The van der Waals surface area contributed by atoms with Crippen LogP contribution in [-0.2, 0) is 14.2 Å². The zero-order chi connectivity index (χ0) is 24.4. The van der Waals surface area contributed by atoms with Crippen LogP contribution in [0.3, 0.4) is 0 Å². The molecule has 3 aromatic rings. The van der Waals surface area contributed by atoms with Crippen LogP contribution in [0.1, 0.15) is 5.56 Å². The minimum Gasteiger partial charge on any atom is -0.456 e. The van der Waals surface area contributed by atoms with Crippen molar-refractivity contribution in [2.24, 2.45) is 0 Å². The Morgan fingerprint density at radius 3 is 2.91 bits per heavy atom. The van der Waals surface area contributed by atoms with Crippen molar-refractivity contribution >= 4 is 40.0 Å². The highest BCUT2D eigenvalue weighted by Crippen LogP contribution is 2.31. The Balaban J connectivity index is 1.25. The van der Waals surface area contributed by atoms with Crippen LogP contribution in [0.25, 0.3) is 11.2 Å². The van der Waals surface area contributed by atoms with Crippen LogP contribution in [0.2, 0.25) is 5.02 Å². The molecule has 0 spiro atoms. The number of aliphatic hydroxyl groups excluding tert-OH is 1. The molecule has 0 aliphatic carbocycles. The van der Waals surface area contributed by atoms with Gasteiger partial charge >= 0.3 is 0 Å². The SMILES string of the molecule is COCCNc1ccccc1C(=N)CNc1nc2nc(O[C@@H]3CO[C@H]4[C@@H]3OC[C@H]4O)[nH]c2cc1Cl. The van der Waals surface area contributed by atoms with E-state index in [1.807, 2.05) is 24.3 Å². The Kier molecular flexibility index (Phi) is 7.02. The molecule has 11 nitrogen and oxygen atoms in total. The molecule has 4 heterocycles. The first kappa shape index (κ1) is 23.8. The lowest BCUT2D eigenvalue weighted by Crippen LogP contribution is -2.34. The van der Waals surface area contributed by atoms with Crippen LogP contribution in [0, 0.1) is 5.41 Å². The van der Waals surface area contributed by atoms with E-state index in [-0.39, 0.29) is 37.5 Å². The van der Waals surface area contributed by atoms with E-state index >= 15 is 0 Å². The summed E-state index contributed by atoms with van der Waals surface area (Å²) in [4.78, 5) is 12.0. The number of ether oxygens (including phenoxy) is 4. The van der Waals surface area contributed by atoms with Crippen LogP contribution in [0.5, 0.6) is 6.01 Å². The maximum Gasteiger partial charge on any atom is 0.296 e. The van der Waals surface area contributed by atoms with Gasteiger partial charge in [0, 0.05) is 24.9 Å². The molecule has 2 aromatic heterocycles. The molecule has 5 rings (SSSR count). The van der Waals surface area contributed by atoms with Gasteiger partial charge in [-0.1, -0.05) is 29.8 Å². The predicted octanol–water partition coefficient (Wildman–Crippen LogP) is 2.06. The van der Waals surface area contributed by atoms with Gasteiger partial charge in [-0.05, 0) is 12.1 Å². The lowest BCUT2D eigenvalue weighted by Gasteiger charge is -2.15. The quantitative estimate of drug-likeness (QED) is 0.207. The largest absolute Gasteiger partial charge is 0.456 e. The average Bonchev–Trinajstić information content (AvgIpc) is 3.54. The molecule has 4 atom stereocenters. The summed E-state index contributed by atoms with van der Waals surface area (Å²) in [6.07, 6.45) is -1.76. The van der Waals surface area contributed by atoms with Crippen molar-refractivity contribution in [3.8, 4) is 6.01 Å². The van der Waals surface area contributed by atoms with Crippen molar-refractivity contribution in [1.82, 2.24) is 15.0 Å². The molecular formula is C23H27ClN6O5. The number of nitrogens with one attached hydrogen (secondary N) is 4.